The van der Waals surface area contributed by atoms with Gasteiger partial charge in [0.2, 0.25) is 5.91 Å². The van der Waals surface area contributed by atoms with E-state index in [1.54, 1.807) is 25.7 Å². The zero-order valence-corrected chi connectivity index (χ0v) is 24.1. The number of aryl methyl sites for hydroxylation is 3. The van der Waals surface area contributed by atoms with Crippen LogP contribution in [0.4, 0.5) is 10.5 Å². The molecule has 38 heavy (non-hydrogen) atoms. The Labute approximate surface area is 227 Å². The van der Waals surface area contributed by atoms with E-state index in [-0.39, 0.29) is 23.8 Å². The number of carbonyl (C=O) groups excluding carboxylic acids is 3. The van der Waals surface area contributed by atoms with Crippen molar-refractivity contribution in [3.63, 3.8) is 0 Å². The molecule has 2 aromatic rings. The number of benzene rings is 2. The molecule has 2 N–H and O–H groups in total. The summed E-state index contributed by atoms with van der Waals surface area (Å²) >= 11 is 0. The summed E-state index contributed by atoms with van der Waals surface area (Å²) < 4.78 is 5.49. The molecule has 0 aromatic heterocycles. The first-order chi connectivity index (χ1) is 17.8. The topological polar surface area (TPSA) is 87.7 Å². The van der Waals surface area contributed by atoms with Gasteiger partial charge in [0.05, 0.1) is 0 Å². The van der Waals surface area contributed by atoms with Crippen molar-refractivity contribution in [2.75, 3.05) is 5.32 Å². The summed E-state index contributed by atoms with van der Waals surface area (Å²) in [6.45, 7) is 15.2. The van der Waals surface area contributed by atoms with Gasteiger partial charge < -0.3 is 20.3 Å². The maximum atomic E-state index is 14.4. The molecule has 0 saturated heterocycles. The first-order valence-electron chi connectivity index (χ1n) is 13.6. The fourth-order valence-corrected chi connectivity index (χ4v) is 4.72. The van der Waals surface area contributed by atoms with Crippen LogP contribution in [0.3, 0.4) is 0 Å². The molecular formula is C31H43N3O4. The number of hydrogen-bond donors (Lipinski definition) is 2. The second-order valence-electron chi connectivity index (χ2n) is 11.5. The number of para-hydroxylation sites is 1. The predicted octanol–water partition coefficient (Wildman–Crippen LogP) is 6.22. The summed E-state index contributed by atoms with van der Waals surface area (Å²) in [4.78, 5) is 43.0. The number of carbonyl (C=O) groups is 3. The summed E-state index contributed by atoms with van der Waals surface area (Å²) in [5.74, 6) is -0.688. The minimum atomic E-state index is -0.845. The Balaban J connectivity index is 2.07. The third kappa shape index (κ3) is 7.15. The van der Waals surface area contributed by atoms with Crippen LogP contribution in [0, 0.1) is 26.7 Å². The van der Waals surface area contributed by atoms with Gasteiger partial charge in [-0.15, -0.1) is 0 Å². The van der Waals surface area contributed by atoms with Gasteiger partial charge in [0.1, 0.15) is 17.7 Å². The van der Waals surface area contributed by atoms with Crippen LogP contribution in [0.15, 0.2) is 42.5 Å². The minimum absolute atomic E-state index is 0.0823. The van der Waals surface area contributed by atoms with Crippen molar-refractivity contribution in [1.29, 1.82) is 0 Å². The Kier molecular flexibility index (Phi) is 9.23. The van der Waals surface area contributed by atoms with Gasteiger partial charge >= 0.3 is 6.09 Å². The lowest BCUT2D eigenvalue weighted by atomic mass is 9.91. The molecule has 1 fully saturated rings. The van der Waals surface area contributed by atoms with Gasteiger partial charge in [0, 0.05) is 11.7 Å². The van der Waals surface area contributed by atoms with Gasteiger partial charge in [0.15, 0.2) is 0 Å². The minimum Gasteiger partial charge on any atom is -0.444 e. The van der Waals surface area contributed by atoms with Gasteiger partial charge in [-0.3, -0.25) is 9.59 Å². The van der Waals surface area contributed by atoms with Gasteiger partial charge in [-0.2, -0.15) is 0 Å². The van der Waals surface area contributed by atoms with Gasteiger partial charge in [-0.25, -0.2) is 4.79 Å². The van der Waals surface area contributed by atoms with Crippen LogP contribution in [0.1, 0.15) is 82.2 Å². The van der Waals surface area contributed by atoms with Crippen LogP contribution in [0.25, 0.3) is 0 Å². The van der Waals surface area contributed by atoms with E-state index >= 15 is 0 Å². The normalized spacial score (nSPS) is 15.7. The maximum Gasteiger partial charge on any atom is 0.408 e. The first-order valence-corrected chi connectivity index (χ1v) is 13.6. The van der Waals surface area contributed by atoms with E-state index in [0.717, 1.165) is 35.1 Å². The molecule has 1 aliphatic rings. The van der Waals surface area contributed by atoms with Gasteiger partial charge in [-0.1, -0.05) is 56.7 Å². The predicted molar refractivity (Wildman–Crippen MR) is 151 cm³/mol. The molecular weight excluding hydrogens is 478 g/mol. The van der Waals surface area contributed by atoms with Gasteiger partial charge in [-0.05, 0) is 88.6 Å². The Morgan fingerprint density at radius 3 is 2.08 bits per heavy atom. The zero-order chi connectivity index (χ0) is 28.2. The van der Waals surface area contributed by atoms with Crippen LogP contribution in [-0.2, 0) is 14.3 Å². The highest BCUT2D eigenvalue weighted by atomic mass is 16.6. The highest BCUT2D eigenvalue weighted by molar-refractivity contribution is 6.00. The Hall–Kier alpha value is -3.35. The molecule has 206 valence electrons. The molecule has 1 aliphatic carbocycles. The standard InChI is InChI=1S/C31H43N3O4/c1-9-19(2)26(33-30(37)38-31(6,7)8)29(36)34(23-17-18-23)27(25-21(4)14-12-15-22(25)5)28(35)32-24-16-11-10-13-20(24)3/h10-16,19,23,26-27H,9,17-18H2,1-8H3,(H,32,35)(H,33,37). The van der Waals surface area contributed by atoms with E-state index < -0.39 is 23.8 Å². The van der Waals surface area contributed by atoms with Crippen molar-refractivity contribution in [1.82, 2.24) is 10.2 Å². The van der Waals surface area contributed by atoms with Crippen LogP contribution >= 0.6 is 0 Å². The smallest absolute Gasteiger partial charge is 0.408 e. The lowest BCUT2D eigenvalue weighted by Crippen LogP contribution is -2.55. The monoisotopic (exact) mass is 521 g/mol. The molecule has 1 saturated carbocycles. The molecule has 7 heteroatoms. The van der Waals surface area contributed by atoms with E-state index in [1.165, 1.54) is 0 Å². The lowest BCUT2D eigenvalue weighted by Gasteiger charge is -2.37. The fraction of sp³-hybridized carbons (Fsp3) is 0.516. The summed E-state index contributed by atoms with van der Waals surface area (Å²) in [7, 11) is 0. The van der Waals surface area contributed by atoms with Crippen molar-refractivity contribution in [3.8, 4) is 0 Å². The maximum absolute atomic E-state index is 14.4. The molecule has 0 bridgehead atoms. The molecule has 0 radical (unpaired) electrons. The number of amides is 3. The summed E-state index contributed by atoms with van der Waals surface area (Å²) in [5.41, 5.74) is 3.65. The number of rotatable bonds is 9. The third-order valence-electron chi connectivity index (χ3n) is 7.09. The van der Waals surface area contributed by atoms with Gasteiger partial charge in [0.25, 0.3) is 5.91 Å². The van der Waals surface area contributed by atoms with Crippen molar-refractivity contribution < 1.29 is 19.1 Å². The largest absolute Gasteiger partial charge is 0.444 e. The van der Waals surface area contributed by atoms with E-state index in [4.69, 9.17) is 4.74 Å². The van der Waals surface area contributed by atoms with E-state index in [2.05, 4.69) is 10.6 Å². The van der Waals surface area contributed by atoms with E-state index in [0.29, 0.717) is 12.1 Å². The second-order valence-corrected chi connectivity index (χ2v) is 11.5. The van der Waals surface area contributed by atoms with E-state index in [1.807, 2.05) is 77.1 Å². The molecule has 0 spiro atoms. The molecule has 7 nitrogen and oxygen atoms in total. The number of ether oxygens (including phenoxy) is 1. The quantitative estimate of drug-likeness (QED) is 0.410. The number of nitrogens with one attached hydrogen (secondary N) is 2. The molecule has 3 atom stereocenters. The number of hydrogen-bond acceptors (Lipinski definition) is 4. The van der Waals surface area contributed by atoms with Crippen LogP contribution in [-0.4, -0.2) is 40.5 Å². The Morgan fingerprint density at radius 2 is 1.55 bits per heavy atom. The number of nitrogens with zero attached hydrogens (tertiary/aromatic N) is 1. The van der Waals surface area contributed by atoms with Crippen molar-refractivity contribution in [2.45, 2.75) is 98.4 Å². The summed E-state index contributed by atoms with van der Waals surface area (Å²) in [6, 6.07) is 11.8. The van der Waals surface area contributed by atoms with Crippen molar-refractivity contribution in [2.24, 2.45) is 5.92 Å². The Bertz CT molecular complexity index is 1150. The average molecular weight is 522 g/mol. The lowest BCUT2D eigenvalue weighted by molar-refractivity contribution is -0.142. The van der Waals surface area contributed by atoms with Crippen LogP contribution in [0.5, 0.6) is 0 Å². The SMILES string of the molecule is CCC(C)C(NC(=O)OC(C)(C)C)C(=O)N(C1CC1)C(C(=O)Nc1ccccc1C)c1c(C)cccc1C. The van der Waals surface area contributed by atoms with Crippen molar-refractivity contribution in [3.05, 3.63) is 64.7 Å². The summed E-state index contributed by atoms with van der Waals surface area (Å²) in [6.07, 6.45) is 1.66. The molecule has 3 rings (SSSR count). The highest BCUT2D eigenvalue weighted by Crippen LogP contribution is 2.39. The summed E-state index contributed by atoms with van der Waals surface area (Å²) in [5, 5.41) is 5.93. The number of alkyl carbamates (subject to hydrolysis) is 1. The molecule has 0 heterocycles. The molecule has 3 amide bonds. The highest BCUT2D eigenvalue weighted by Gasteiger charge is 2.45. The molecule has 0 aliphatic heterocycles. The third-order valence-corrected chi connectivity index (χ3v) is 7.09. The Morgan fingerprint density at radius 1 is 0.974 bits per heavy atom. The van der Waals surface area contributed by atoms with Crippen molar-refractivity contribution >= 4 is 23.6 Å². The first kappa shape index (κ1) is 29.2. The van der Waals surface area contributed by atoms with Crippen LogP contribution in [0.2, 0.25) is 0 Å². The molecule has 2 aromatic carbocycles. The average Bonchev–Trinajstić information content (AvgIpc) is 3.66. The second kappa shape index (κ2) is 12.0. The molecule has 3 unspecified atom stereocenters. The van der Waals surface area contributed by atoms with E-state index in [9.17, 15) is 14.4 Å². The number of anilines is 1. The fourth-order valence-electron chi connectivity index (χ4n) is 4.72. The van der Waals surface area contributed by atoms with Crippen LogP contribution < -0.4 is 10.6 Å². The zero-order valence-electron chi connectivity index (χ0n) is 24.1.